The van der Waals surface area contributed by atoms with Crippen LogP contribution in [0.3, 0.4) is 0 Å². The van der Waals surface area contributed by atoms with E-state index in [1.165, 1.54) is 12.1 Å². The van der Waals surface area contributed by atoms with Crippen molar-refractivity contribution < 1.29 is 30.8 Å². The van der Waals surface area contributed by atoms with E-state index in [-0.39, 0.29) is 28.1 Å². The summed E-state index contributed by atoms with van der Waals surface area (Å²) in [5.41, 5.74) is 1.83. The number of nitrogens with two attached hydrogens (primary N) is 1. The minimum Gasteiger partial charge on any atom is -0.457 e. The maximum atomic E-state index is 12.9. The minimum atomic E-state index is -4.97. The normalized spacial score (nSPS) is 12.7. The highest BCUT2D eigenvalue weighted by Gasteiger charge is 2.37. The molecule has 0 amide bonds. The lowest BCUT2D eigenvalue weighted by Gasteiger charge is -2.13. The van der Waals surface area contributed by atoms with Gasteiger partial charge in [0.25, 0.3) is 0 Å². The van der Waals surface area contributed by atoms with Crippen LogP contribution in [0.4, 0.5) is 26.3 Å². The van der Waals surface area contributed by atoms with Gasteiger partial charge in [-0.2, -0.15) is 31.6 Å². The Morgan fingerprint density at radius 1 is 1.04 bits per heavy atom. The topological polar surface area (TPSA) is 63.0 Å². The molecule has 136 valence electrons. The fraction of sp³-hybridized carbons (Fsp3) is 0.125. The lowest BCUT2D eigenvalue weighted by molar-refractivity contribution is -0.143. The van der Waals surface area contributed by atoms with Crippen LogP contribution in [0.25, 0.3) is 17.4 Å². The molecule has 0 spiro atoms. The first-order valence-corrected chi connectivity index (χ1v) is 7.14. The van der Waals surface area contributed by atoms with Gasteiger partial charge in [0.15, 0.2) is 0 Å². The van der Waals surface area contributed by atoms with E-state index in [1.54, 1.807) is 6.07 Å². The van der Waals surface area contributed by atoms with Gasteiger partial charge in [0.1, 0.15) is 22.6 Å². The molecule has 0 saturated carbocycles. The monoisotopic (exact) mass is 390 g/mol. The molecule has 0 bridgehead atoms. The molecule has 2 rings (SSSR count). The molecule has 0 aliphatic carbocycles. The molecule has 2 aromatic rings. The molecular formula is C16H8F6N2OS. The smallest absolute Gasteiger partial charge is 0.416 e. The summed E-state index contributed by atoms with van der Waals surface area (Å²) in [5.74, 6) is -0.247. The summed E-state index contributed by atoms with van der Waals surface area (Å²) < 4.78 is 82.6. The van der Waals surface area contributed by atoms with Gasteiger partial charge in [-0.25, -0.2) is 0 Å². The number of thiocarbonyl (C=S) groups is 1. The molecule has 10 heteroatoms. The van der Waals surface area contributed by atoms with E-state index in [1.807, 2.05) is 0 Å². The third-order valence-electron chi connectivity index (χ3n) is 3.17. The van der Waals surface area contributed by atoms with Crippen LogP contribution in [0.1, 0.15) is 16.9 Å². The van der Waals surface area contributed by atoms with E-state index in [0.29, 0.717) is 12.1 Å². The molecule has 0 radical (unpaired) electrons. The molecule has 1 aromatic heterocycles. The summed E-state index contributed by atoms with van der Waals surface area (Å²) in [6.45, 7) is 0. The average Bonchev–Trinajstić information content (AvgIpc) is 2.98. The largest absolute Gasteiger partial charge is 0.457 e. The Hall–Kier alpha value is -2.80. The highest BCUT2D eigenvalue weighted by atomic mass is 32.1. The predicted molar refractivity (Wildman–Crippen MR) is 84.5 cm³/mol. The summed E-state index contributed by atoms with van der Waals surface area (Å²) in [6, 6.07) is 5.24. The average molecular weight is 390 g/mol. The lowest BCUT2D eigenvalue weighted by Crippen LogP contribution is -2.11. The molecule has 0 aliphatic rings. The quantitative estimate of drug-likeness (QED) is 0.340. The van der Waals surface area contributed by atoms with Crippen molar-refractivity contribution in [1.82, 2.24) is 0 Å². The zero-order chi connectivity index (χ0) is 19.7. The Bertz CT molecular complexity index is 886. The summed E-state index contributed by atoms with van der Waals surface area (Å²) in [7, 11) is 0. The van der Waals surface area contributed by atoms with Crippen LogP contribution in [0.15, 0.2) is 40.3 Å². The number of rotatable bonds is 3. The fourth-order valence-electron chi connectivity index (χ4n) is 1.98. The summed E-state index contributed by atoms with van der Waals surface area (Å²) in [5, 5.41) is 8.86. The number of furan rings is 1. The Labute approximate surface area is 148 Å². The summed E-state index contributed by atoms with van der Waals surface area (Å²) >= 11 is 4.63. The van der Waals surface area contributed by atoms with Crippen LogP contribution >= 0.6 is 12.2 Å². The first-order chi connectivity index (χ1) is 11.9. The van der Waals surface area contributed by atoms with E-state index in [0.717, 1.165) is 6.08 Å². The van der Waals surface area contributed by atoms with E-state index < -0.39 is 29.0 Å². The highest BCUT2D eigenvalue weighted by molar-refractivity contribution is 7.80. The minimum absolute atomic E-state index is 0.00433. The van der Waals surface area contributed by atoms with E-state index in [2.05, 4.69) is 12.2 Å². The lowest BCUT2D eigenvalue weighted by atomic mass is 10.0. The summed E-state index contributed by atoms with van der Waals surface area (Å²) in [6.07, 6.45) is -8.81. The van der Waals surface area contributed by atoms with Crippen LogP contribution in [0.5, 0.6) is 0 Å². The fourth-order valence-corrected chi connectivity index (χ4v) is 2.09. The second kappa shape index (κ2) is 6.84. The zero-order valence-electron chi connectivity index (χ0n) is 12.6. The van der Waals surface area contributed by atoms with Crippen molar-refractivity contribution >= 4 is 23.3 Å². The van der Waals surface area contributed by atoms with Crippen molar-refractivity contribution in [3.05, 3.63) is 52.8 Å². The summed E-state index contributed by atoms with van der Waals surface area (Å²) in [4.78, 5) is -0.233. The van der Waals surface area contributed by atoms with Crippen LogP contribution < -0.4 is 5.73 Å². The van der Waals surface area contributed by atoms with E-state index in [4.69, 9.17) is 15.4 Å². The van der Waals surface area contributed by atoms with Gasteiger partial charge in [-0.3, -0.25) is 0 Å². The number of benzene rings is 1. The number of nitriles is 1. The molecule has 2 N–H and O–H groups in total. The predicted octanol–water partition coefficient (Wildman–Crippen LogP) is 5.18. The van der Waals surface area contributed by atoms with Gasteiger partial charge < -0.3 is 10.2 Å². The van der Waals surface area contributed by atoms with Crippen LogP contribution in [-0.2, 0) is 12.4 Å². The number of alkyl halides is 6. The van der Waals surface area contributed by atoms with Crippen molar-refractivity contribution in [3.8, 4) is 17.4 Å². The molecule has 1 heterocycles. The van der Waals surface area contributed by atoms with Gasteiger partial charge in [0.05, 0.1) is 16.7 Å². The van der Waals surface area contributed by atoms with Crippen molar-refractivity contribution in [2.75, 3.05) is 0 Å². The first-order valence-electron chi connectivity index (χ1n) is 6.73. The van der Waals surface area contributed by atoms with Crippen molar-refractivity contribution in [3.63, 3.8) is 0 Å². The number of nitrogens with zero attached hydrogens (tertiary/aromatic N) is 1. The van der Waals surface area contributed by atoms with Crippen molar-refractivity contribution in [2.24, 2.45) is 5.73 Å². The van der Waals surface area contributed by atoms with Gasteiger partial charge >= 0.3 is 12.4 Å². The Balaban J connectivity index is 2.56. The molecule has 0 aliphatic heterocycles. The van der Waals surface area contributed by atoms with Crippen LogP contribution in [-0.4, -0.2) is 4.99 Å². The van der Waals surface area contributed by atoms with E-state index >= 15 is 0 Å². The van der Waals surface area contributed by atoms with E-state index in [9.17, 15) is 26.3 Å². The number of halogens is 6. The van der Waals surface area contributed by atoms with Crippen molar-refractivity contribution in [2.45, 2.75) is 12.4 Å². The van der Waals surface area contributed by atoms with Crippen LogP contribution in [0, 0.1) is 11.3 Å². The van der Waals surface area contributed by atoms with Crippen LogP contribution in [0.2, 0.25) is 0 Å². The van der Waals surface area contributed by atoms with Gasteiger partial charge in [-0.15, -0.1) is 0 Å². The molecule has 0 saturated heterocycles. The van der Waals surface area contributed by atoms with Gasteiger partial charge in [-0.1, -0.05) is 12.2 Å². The standard InChI is InChI=1S/C16H8F6N2OS/c17-15(18,19)10-3-8(4-11(6-10)16(20,21)22)13-2-1-12(25-13)5-9(7-23)14(24)26/h1-6H,(H2,24,26). The molecule has 26 heavy (non-hydrogen) atoms. The third-order valence-corrected chi connectivity index (χ3v) is 3.39. The van der Waals surface area contributed by atoms with Gasteiger partial charge in [0, 0.05) is 11.6 Å². The van der Waals surface area contributed by atoms with Gasteiger partial charge in [0.2, 0.25) is 0 Å². The number of hydrogen-bond donors (Lipinski definition) is 1. The maximum absolute atomic E-state index is 12.9. The van der Waals surface area contributed by atoms with Crippen molar-refractivity contribution in [1.29, 1.82) is 5.26 Å². The Morgan fingerprint density at radius 3 is 2.00 bits per heavy atom. The first kappa shape index (κ1) is 19.5. The maximum Gasteiger partial charge on any atom is 0.416 e. The molecule has 0 atom stereocenters. The SMILES string of the molecule is N#CC(=Cc1ccc(-c2cc(C(F)(F)F)cc(C(F)(F)F)c2)o1)C(N)=S. The van der Waals surface area contributed by atoms with Gasteiger partial charge in [-0.05, 0) is 30.3 Å². The Morgan fingerprint density at radius 2 is 1.58 bits per heavy atom. The Kier molecular flexibility index (Phi) is 5.13. The second-order valence-electron chi connectivity index (χ2n) is 5.03. The second-order valence-corrected chi connectivity index (χ2v) is 5.47. The molecule has 3 nitrogen and oxygen atoms in total. The molecule has 0 fully saturated rings. The third kappa shape index (κ3) is 4.43. The molecular weight excluding hydrogens is 382 g/mol. The molecule has 1 aromatic carbocycles. The molecule has 0 unspecified atom stereocenters. The number of hydrogen-bond acceptors (Lipinski definition) is 3. The zero-order valence-corrected chi connectivity index (χ0v) is 13.4. The highest BCUT2D eigenvalue weighted by Crippen LogP contribution is 2.39.